The summed E-state index contributed by atoms with van der Waals surface area (Å²) in [6.07, 6.45) is 6.81. The number of fused-ring (bicyclic) bond motifs is 21. The smallest absolute Gasteiger partial charge is 0.252 e. The maximum Gasteiger partial charge on any atom is 0.252 e. The third-order valence-electron chi connectivity index (χ3n) is 24.0. The molecule has 3 aromatic heterocycles. The van der Waals surface area contributed by atoms with E-state index in [-0.39, 0.29) is 20.1 Å². The predicted molar refractivity (Wildman–Crippen MR) is 469 cm³/mol. The summed E-state index contributed by atoms with van der Waals surface area (Å²) in [6, 6.07) is 119. The first-order valence-corrected chi connectivity index (χ1v) is 40.6. The average Bonchev–Trinajstić information content (AvgIpc) is 0.985. The van der Waals surface area contributed by atoms with Crippen molar-refractivity contribution in [2.75, 3.05) is 46.8 Å². The lowest BCUT2D eigenvalue weighted by Crippen LogP contribution is -2.66. The van der Waals surface area contributed by atoms with Gasteiger partial charge in [-0.2, -0.15) is 0 Å². The van der Waals surface area contributed by atoms with Gasteiger partial charge >= 0.3 is 0 Å². The molecule has 0 spiro atoms. The zero-order valence-corrected chi connectivity index (χ0v) is 61.5. The third-order valence-corrected chi connectivity index (χ3v) is 26.3. The molecule has 15 heteroatoms. The lowest BCUT2D eigenvalue weighted by molar-refractivity contribution is 1.17. The van der Waals surface area contributed by atoms with Crippen LogP contribution < -0.4 is 77.2 Å². The number of anilines is 14. The summed E-state index contributed by atoms with van der Waals surface area (Å²) in [4.78, 5) is 5.06. The summed E-state index contributed by atoms with van der Waals surface area (Å²) in [7, 11) is 0. The van der Waals surface area contributed by atoms with Crippen LogP contribution in [0.1, 0.15) is 0 Å². The molecule has 0 saturated heterocycles. The molecule has 108 heavy (non-hydrogen) atoms. The second kappa shape index (κ2) is 22.9. The molecule has 0 radical (unpaired) electrons. The quantitative estimate of drug-likeness (QED) is 0.118. The van der Waals surface area contributed by atoms with Crippen LogP contribution in [0.15, 0.2) is 315 Å². The largest absolute Gasteiger partial charge is 0.356 e. The maximum absolute atomic E-state index is 4.30. The highest BCUT2D eigenvalue weighted by molar-refractivity contribution is 8.01. The molecule has 0 aliphatic carbocycles. The second-order valence-electron chi connectivity index (χ2n) is 29.1. The summed E-state index contributed by atoms with van der Waals surface area (Å²) in [5.41, 5.74) is 38.2. The average molecular weight is 1430 g/mol. The first kappa shape index (κ1) is 61.0. The van der Waals surface area contributed by atoms with Gasteiger partial charge in [-0.05, 0) is 206 Å². The molecule has 15 aromatic carbocycles. The standard InChI is InChI=1S/C93H62B3N9S3/c1-106-103-83-54-73-69(94-67-36-16-24-44-81(67)98(56-26-6-4-7-27-56)86-47-58(46-74(97-73)91(86)94)100-75-38-18-10-30-61(75)62-31-11-19-39-76(62)100)52-70(83)96-72-53-71-84(55-85(72)105(108-3)90-51-60(50-89(103)93(90)96)102-79-42-22-14-34-65(79)66-35-15-23-43-80(66)102)104(107-2)88-49-59(101-77-40-20-12-32-63(77)64-33-13-21-41-78(64)101)48-87-92(88)95(71)68-37-17-25-45-82(68)99(87)57-28-8-5-9-29-57/h4-55,97H,1-3H3. The maximum atomic E-state index is 4.30. The number of nitrogens with one attached hydrogen (secondary N) is 1. The Balaban J connectivity index is 0.779. The van der Waals surface area contributed by atoms with Crippen LogP contribution in [0.2, 0.25) is 0 Å². The SMILES string of the molecule is CSN1c2cc3c(cc2B2c4cc5c(cc4N(SC)c4cc(-n6c7ccccc7c7ccccc76)cc1c42)N(SC)c1cc(-n2c4ccccc4c4ccccc42)cc2c1B5c1ccccc1N2c1ccccc1)B1c2ccccc2N(c2ccccc2)c2cc(-n4c5ccccc5c5ccccc54)cc(c21)N3. The van der Waals surface area contributed by atoms with Gasteiger partial charge in [-0.15, -0.1) is 0 Å². The first-order valence-electron chi connectivity index (χ1n) is 37.0. The summed E-state index contributed by atoms with van der Waals surface area (Å²) in [5, 5.41) is 11.7. The molecule has 0 unspecified atom stereocenters. The molecular formula is C93H62B3N9S3. The fourth-order valence-corrected chi connectivity index (χ4v) is 22.0. The number of hydrogen-bond donors (Lipinski definition) is 1. The van der Waals surface area contributed by atoms with Crippen molar-refractivity contribution in [2.24, 2.45) is 0 Å². The number of rotatable bonds is 8. The number of hydrogen-bond acceptors (Lipinski definition) is 9. The van der Waals surface area contributed by atoms with E-state index in [2.05, 4.69) is 376 Å². The van der Waals surface area contributed by atoms with E-state index in [4.69, 9.17) is 0 Å². The fourth-order valence-electron chi connectivity index (χ4n) is 19.9. The van der Waals surface area contributed by atoms with Crippen molar-refractivity contribution in [2.45, 2.75) is 0 Å². The zero-order valence-electron chi connectivity index (χ0n) is 59.1. The van der Waals surface area contributed by atoms with E-state index >= 15 is 0 Å². The van der Waals surface area contributed by atoms with Gasteiger partial charge in [-0.25, -0.2) is 0 Å². The van der Waals surface area contributed by atoms with Gasteiger partial charge in [0.15, 0.2) is 0 Å². The van der Waals surface area contributed by atoms with Crippen molar-refractivity contribution in [1.82, 2.24) is 13.7 Å². The van der Waals surface area contributed by atoms with E-state index in [1.54, 1.807) is 35.8 Å². The molecule has 0 saturated carbocycles. The van der Waals surface area contributed by atoms with Crippen LogP contribution in [0.5, 0.6) is 0 Å². The van der Waals surface area contributed by atoms with E-state index in [1.165, 1.54) is 166 Å². The van der Waals surface area contributed by atoms with Crippen LogP contribution in [0.4, 0.5) is 79.6 Å². The molecule has 6 aliphatic heterocycles. The van der Waals surface area contributed by atoms with Gasteiger partial charge in [-0.3, -0.25) is 12.9 Å². The van der Waals surface area contributed by atoms with E-state index in [0.29, 0.717) is 0 Å². The van der Waals surface area contributed by atoms with Crippen LogP contribution in [0, 0.1) is 0 Å². The second-order valence-corrected chi connectivity index (χ2v) is 31.3. The van der Waals surface area contributed by atoms with Crippen molar-refractivity contribution in [1.29, 1.82) is 0 Å². The highest BCUT2D eigenvalue weighted by atomic mass is 32.2. The molecule has 6 aliphatic rings. The lowest BCUT2D eigenvalue weighted by atomic mass is 9.29. The number of para-hydroxylation sites is 10. The van der Waals surface area contributed by atoms with Crippen molar-refractivity contribution < 1.29 is 0 Å². The Morgan fingerprint density at radius 1 is 0.222 bits per heavy atom. The Morgan fingerprint density at radius 2 is 0.528 bits per heavy atom. The fraction of sp³-hybridized carbons (Fsp3) is 0.0323. The van der Waals surface area contributed by atoms with Gasteiger partial charge in [0.1, 0.15) is 0 Å². The summed E-state index contributed by atoms with van der Waals surface area (Å²) < 4.78 is 15.2. The Kier molecular flexibility index (Phi) is 12.9. The highest BCUT2D eigenvalue weighted by Crippen LogP contribution is 2.52. The van der Waals surface area contributed by atoms with Crippen LogP contribution in [-0.4, -0.2) is 52.6 Å². The van der Waals surface area contributed by atoms with Crippen LogP contribution in [0.3, 0.4) is 0 Å². The first-order chi connectivity index (χ1) is 53.5. The van der Waals surface area contributed by atoms with Gasteiger partial charge < -0.3 is 28.8 Å². The highest BCUT2D eigenvalue weighted by Gasteiger charge is 2.50. The Labute approximate surface area is 638 Å². The lowest BCUT2D eigenvalue weighted by Gasteiger charge is -2.47. The minimum atomic E-state index is -0.200. The van der Waals surface area contributed by atoms with Crippen molar-refractivity contribution >= 4 is 250 Å². The van der Waals surface area contributed by atoms with Crippen LogP contribution in [0.25, 0.3) is 82.5 Å². The third kappa shape index (κ3) is 8.19. The molecule has 0 atom stereocenters. The predicted octanol–water partition coefficient (Wildman–Crippen LogP) is 18.3. The Morgan fingerprint density at radius 3 is 0.935 bits per heavy atom. The van der Waals surface area contributed by atoms with E-state index in [1.807, 2.05) is 0 Å². The molecule has 18 aromatic rings. The van der Waals surface area contributed by atoms with Gasteiger partial charge in [-0.1, -0.05) is 194 Å². The topological polar surface area (TPSA) is 43.0 Å². The minimum absolute atomic E-state index is 0.126. The molecule has 0 fully saturated rings. The van der Waals surface area contributed by atoms with E-state index in [0.717, 1.165) is 45.5 Å². The summed E-state index contributed by atoms with van der Waals surface area (Å²) in [5.74, 6) is 0. The van der Waals surface area contributed by atoms with Crippen molar-refractivity contribution in [3.05, 3.63) is 315 Å². The monoisotopic (exact) mass is 1430 g/mol. The number of aromatic nitrogens is 3. The minimum Gasteiger partial charge on any atom is -0.356 e. The zero-order chi connectivity index (χ0) is 70.9. The number of benzene rings is 15. The van der Waals surface area contributed by atoms with Crippen LogP contribution in [-0.2, 0) is 0 Å². The molecular weight excluding hydrogens is 1370 g/mol. The van der Waals surface area contributed by atoms with Crippen LogP contribution >= 0.6 is 35.8 Å². The van der Waals surface area contributed by atoms with E-state index < -0.39 is 0 Å². The van der Waals surface area contributed by atoms with E-state index in [9.17, 15) is 0 Å². The molecule has 506 valence electrons. The summed E-state index contributed by atoms with van der Waals surface area (Å²) >= 11 is 5.39. The van der Waals surface area contributed by atoms with Crippen molar-refractivity contribution in [3.63, 3.8) is 0 Å². The number of nitrogens with zero attached hydrogens (tertiary/aromatic N) is 8. The molecule has 9 heterocycles. The van der Waals surface area contributed by atoms with Crippen molar-refractivity contribution in [3.8, 4) is 17.1 Å². The van der Waals surface area contributed by atoms with Gasteiger partial charge in [0.2, 0.25) is 0 Å². The molecule has 0 bridgehead atoms. The molecule has 9 nitrogen and oxygen atoms in total. The Bertz CT molecular complexity index is 6810. The molecule has 0 amide bonds. The Hall–Kier alpha value is -12.3. The summed E-state index contributed by atoms with van der Waals surface area (Å²) in [6.45, 7) is -0.455. The van der Waals surface area contributed by atoms with Gasteiger partial charge in [0, 0.05) is 114 Å². The van der Waals surface area contributed by atoms with Gasteiger partial charge in [0.25, 0.3) is 20.1 Å². The molecule has 24 rings (SSSR count). The van der Waals surface area contributed by atoms with Gasteiger partial charge in [0.05, 0.1) is 67.2 Å². The molecule has 1 N–H and O–H groups in total. The normalized spacial score (nSPS) is 13.9.